The van der Waals surface area contributed by atoms with Crippen LogP contribution in [0.2, 0.25) is 0 Å². The van der Waals surface area contributed by atoms with Crippen LogP contribution in [0.5, 0.6) is 11.5 Å². The smallest absolute Gasteiger partial charge is 0.325 e. The normalized spacial score (nSPS) is 15.6. The van der Waals surface area contributed by atoms with E-state index < -0.39 is 18.0 Å². The summed E-state index contributed by atoms with van der Waals surface area (Å²) in [6.45, 7) is 1.89. The first-order valence-electron chi connectivity index (χ1n) is 12.3. The second-order valence-corrected chi connectivity index (χ2v) is 8.69. The van der Waals surface area contributed by atoms with Crippen LogP contribution in [0.3, 0.4) is 0 Å². The molecule has 1 amide bonds. The number of hydrogen-bond acceptors (Lipinski definition) is 8. The van der Waals surface area contributed by atoms with Crippen LogP contribution in [0.1, 0.15) is 29.8 Å². The third-order valence-electron chi connectivity index (χ3n) is 6.10. The highest BCUT2D eigenvalue weighted by Crippen LogP contribution is 2.47. The third-order valence-corrected chi connectivity index (χ3v) is 6.10. The first-order chi connectivity index (χ1) is 18.6. The Balaban J connectivity index is 1.59. The summed E-state index contributed by atoms with van der Waals surface area (Å²) in [5.74, 6) is 0.614. The van der Waals surface area contributed by atoms with Crippen molar-refractivity contribution in [1.29, 1.82) is 0 Å². The number of nitrogens with one attached hydrogen (secondary N) is 1. The van der Waals surface area contributed by atoms with E-state index in [4.69, 9.17) is 14.2 Å². The highest BCUT2D eigenvalue weighted by molar-refractivity contribution is 6.02. The van der Waals surface area contributed by atoms with Gasteiger partial charge in [-0.3, -0.25) is 9.59 Å². The standard InChI is InChI=1S/C29H28N4O5/c1-3-36-24(34)17-30-28(35)26-27(37-18-20-11-6-4-7-12-20)22-15-10-16-23(38-21-13-8-5-9-14-21)25(22)29-32(2)19-31-33(26)29/h4-16,19,29H,3,17-18H2,1-2H3,(H,30,35). The quantitative estimate of drug-likeness (QED) is 0.429. The van der Waals surface area contributed by atoms with Crippen LogP contribution in [0.4, 0.5) is 0 Å². The van der Waals surface area contributed by atoms with Gasteiger partial charge in [0.2, 0.25) is 0 Å². The minimum Gasteiger partial charge on any atom is -0.486 e. The molecule has 0 aromatic heterocycles. The van der Waals surface area contributed by atoms with E-state index in [0.717, 1.165) is 11.1 Å². The average molecular weight is 513 g/mol. The van der Waals surface area contributed by atoms with Crippen molar-refractivity contribution in [3.63, 3.8) is 0 Å². The molecule has 0 spiro atoms. The molecule has 1 atom stereocenters. The molecule has 1 unspecified atom stereocenters. The first-order valence-corrected chi connectivity index (χ1v) is 12.3. The first kappa shape index (κ1) is 24.9. The Morgan fingerprint density at radius 3 is 2.45 bits per heavy atom. The van der Waals surface area contributed by atoms with Gasteiger partial charge in [0.1, 0.15) is 31.0 Å². The molecular formula is C29H28N4O5. The summed E-state index contributed by atoms with van der Waals surface area (Å²) in [5, 5.41) is 8.78. The lowest BCUT2D eigenvalue weighted by Gasteiger charge is -2.37. The van der Waals surface area contributed by atoms with E-state index in [0.29, 0.717) is 22.8 Å². The van der Waals surface area contributed by atoms with Gasteiger partial charge in [-0.2, -0.15) is 5.10 Å². The molecule has 9 nitrogen and oxygen atoms in total. The Morgan fingerprint density at radius 2 is 1.71 bits per heavy atom. The lowest BCUT2D eigenvalue weighted by molar-refractivity contribution is -0.143. The number of amides is 1. The van der Waals surface area contributed by atoms with Crippen LogP contribution in [0.25, 0.3) is 5.76 Å². The molecule has 2 aliphatic heterocycles. The number of carbonyl (C=O) groups excluding carboxylic acids is 2. The Morgan fingerprint density at radius 1 is 0.974 bits per heavy atom. The van der Waals surface area contributed by atoms with Crippen molar-refractivity contribution in [3.05, 3.63) is 101 Å². The van der Waals surface area contributed by atoms with Crippen molar-refractivity contribution in [2.45, 2.75) is 19.7 Å². The number of hydrogen-bond donors (Lipinski definition) is 1. The number of fused-ring (bicyclic) bond motifs is 3. The van der Waals surface area contributed by atoms with E-state index in [1.54, 1.807) is 18.3 Å². The van der Waals surface area contributed by atoms with Crippen molar-refractivity contribution in [2.75, 3.05) is 20.2 Å². The summed E-state index contributed by atoms with van der Waals surface area (Å²) in [6, 6.07) is 24.8. The molecule has 38 heavy (non-hydrogen) atoms. The van der Waals surface area contributed by atoms with Gasteiger partial charge in [-0.25, -0.2) is 5.01 Å². The number of benzene rings is 3. The van der Waals surface area contributed by atoms with E-state index in [1.165, 1.54) is 0 Å². The second kappa shape index (κ2) is 11.1. The van der Waals surface area contributed by atoms with Crippen molar-refractivity contribution in [2.24, 2.45) is 5.10 Å². The fraction of sp³-hybridized carbons (Fsp3) is 0.207. The number of para-hydroxylation sites is 1. The fourth-order valence-corrected chi connectivity index (χ4v) is 4.42. The molecule has 0 radical (unpaired) electrons. The molecule has 0 bridgehead atoms. The van der Waals surface area contributed by atoms with Crippen LogP contribution in [-0.2, 0) is 25.7 Å². The molecule has 1 N–H and O–H groups in total. The van der Waals surface area contributed by atoms with Crippen LogP contribution in [0, 0.1) is 0 Å². The SMILES string of the molecule is CCOC(=O)CNC(=O)C1=C(OCc2ccccc2)c2cccc(Oc3ccccc3)c2C2N(C)C=NN12. The van der Waals surface area contributed by atoms with Gasteiger partial charge in [0.15, 0.2) is 17.6 Å². The molecule has 2 heterocycles. The van der Waals surface area contributed by atoms with Gasteiger partial charge in [-0.15, -0.1) is 0 Å². The zero-order valence-corrected chi connectivity index (χ0v) is 21.2. The van der Waals surface area contributed by atoms with Gasteiger partial charge >= 0.3 is 5.97 Å². The Hall–Kier alpha value is -4.79. The number of rotatable bonds is 9. The summed E-state index contributed by atoms with van der Waals surface area (Å²) in [7, 11) is 1.88. The van der Waals surface area contributed by atoms with E-state index in [-0.39, 0.29) is 25.5 Å². The minimum atomic E-state index is -0.526. The molecule has 3 aromatic carbocycles. The fourth-order valence-electron chi connectivity index (χ4n) is 4.42. The molecule has 3 aromatic rings. The lowest BCUT2D eigenvalue weighted by atomic mass is 9.95. The zero-order valence-electron chi connectivity index (χ0n) is 21.2. The van der Waals surface area contributed by atoms with E-state index in [1.807, 2.05) is 90.8 Å². The maximum atomic E-state index is 13.5. The highest BCUT2D eigenvalue weighted by atomic mass is 16.5. The molecule has 0 saturated carbocycles. The van der Waals surface area contributed by atoms with Crippen LogP contribution in [0.15, 0.2) is 89.7 Å². The van der Waals surface area contributed by atoms with E-state index in [2.05, 4.69) is 10.4 Å². The summed E-state index contributed by atoms with van der Waals surface area (Å²) in [5.41, 5.74) is 2.64. The summed E-state index contributed by atoms with van der Waals surface area (Å²) < 4.78 is 17.6. The van der Waals surface area contributed by atoms with E-state index >= 15 is 0 Å². The van der Waals surface area contributed by atoms with Crippen LogP contribution in [-0.4, -0.2) is 48.3 Å². The Bertz CT molecular complexity index is 1370. The molecule has 0 aliphatic carbocycles. The number of nitrogens with zero attached hydrogens (tertiary/aromatic N) is 3. The minimum absolute atomic E-state index is 0.195. The maximum absolute atomic E-state index is 13.5. The van der Waals surface area contributed by atoms with Gasteiger partial charge in [0.25, 0.3) is 5.91 Å². The second-order valence-electron chi connectivity index (χ2n) is 8.69. The molecule has 5 rings (SSSR count). The average Bonchev–Trinajstić information content (AvgIpc) is 3.32. The maximum Gasteiger partial charge on any atom is 0.325 e. The Kier molecular flexibility index (Phi) is 7.26. The van der Waals surface area contributed by atoms with Gasteiger partial charge < -0.3 is 24.4 Å². The highest BCUT2D eigenvalue weighted by Gasteiger charge is 2.43. The number of ether oxygens (including phenoxy) is 3. The van der Waals surface area contributed by atoms with Crippen molar-refractivity contribution in [1.82, 2.24) is 15.2 Å². The van der Waals surface area contributed by atoms with Crippen molar-refractivity contribution >= 4 is 24.0 Å². The van der Waals surface area contributed by atoms with Gasteiger partial charge in [0.05, 0.1) is 12.2 Å². The predicted octanol–water partition coefficient (Wildman–Crippen LogP) is 4.25. The predicted molar refractivity (Wildman–Crippen MR) is 142 cm³/mol. The van der Waals surface area contributed by atoms with Crippen LogP contribution < -0.4 is 10.1 Å². The van der Waals surface area contributed by atoms with E-state index in [9.17, 15) is 9.59 Å². The van der Waals surface area contributed by atoms with Gasteiger partial charge in [0, 0.05) is 12.6 Å². The van der Waals surface area contributed by atoms with Gasteiger partial charge in [-0.1, -0.05) is 60.7 Å². The van der Waals surface area contributed by atoms with Crippen molar-refractivity contribution in [3.8, 4) is 11.5 Å². The number of esters is 1. The monoisotopic (exact) mass is 512 g/mol. The third kappa shape index (κ3) is 5.04. The molecular weight excluding hydrogens is 484 g/mol. The molecule has 2 aliphatic rings. The summed E-state index contributed by atoms with van der Waals surface area (Å²) in [6.07, 6.45) is 1.18. The lowest BCUT2D eigenvalue weighted by Crippen LogP contribution is -2.41. The number of hydrazone groups is 1. The Labute approximate surface area is 220 Å². The molecule has 0 fully saturated rings. The van der Waals surface area contributed by atoms with Gasteiger partial charge in [-0.05, 0) is 30.7 Å². The zero-order chi connectivity index (χ0) is 26.5. The summed E-state index contributed by atoms with van der Waals surface area (Å²) >= 11 is 0. The molecule has 0 saturated heterocycles. The van der Waals surface area contributed by atoms with Crippen molar-refractivity contribution < 1.29 is 23.8 Å². The van der Waals surface area contributed by atoms with Crippen LogP contribution >= 0.6 is 0 Å². The topological polar surface area (TPSA) is 92.7 Å². The number of carbonyl (C=O) groups is 2. The summed E-state index contributed by atoms with van der Waals surface area (Å²) in [4.78, 5) is 27.4. The largest absolute Gasteiger partial charge is 0.486 e. The molecule has 9 heteroatoms. The molecule has 194 valence electrons.